The Morgan fingerprint density at radius 3 is 1.62 bits per heavy atom. The summed E-state index contributed by atoms with van der Waals surface area (Å²) >= 11 is 2.00. The highest BCUT2D eigenvalue weighted by Gasteiger charge is 2.14. The van der Waals surface area contributed by atoms with E-state index in [-0.39, 0.29) is 0 Å². The van der Waals surface area contributed by atoms with Crippen molar-refractivity contribution in [2.24, 2.45) is 0 Å². The Bertz CT molecular complexity index is 1110. The average Bonchev–Trinajstić information content (AvgIpc) is 2.84. The molecule has 0 radical (unpaired) electrons. The highest BCUT2D eigenvalue weighted by atomic mass is 32.2. The second-order valence-electron chi connectivity index (χ2n) is 8.41. The molecule has 32 heavy (non-hydrogen) atoms. The number of anilines is 2. The molecule has 0 aliphatic carbocycles. The summed E-state index contributed by atoms with van der Waals surface area (Å²) in [7, 11) is 0. The van der Waals surface area contributed by atoms with Gasteiger partial charge in [0.2, 0.25) is 11.0 Å². The van der Waals surface area contributed by atoms with Crippen molar-refractivity contribution in [1.29, 1.82) is 0 Å². The van der Waals surface area contributed by atoms with Gasteiger partial charge >= 0.3 is 0 Å². The first-order valence-electron chi connectivity index (χ1n) is 11.8. The summed E-state index contributed by atoms with van der Waals surface area (Å²) in [5.74, 6) is 2.20. The molecule has 6 rings (SSSR count). The van der Waals surface area contributed by atoms with Crippen molar-refractivity contribution in [3.05, 3.63) is 73.1 Å². The minimum Gasteiger partial charge on any atom is -0.383 e. The van der Waals surface area contributed by atoms with Crippen LogP contribution >= 0.6 is 11.8 Å². The Morgan fingerprint density at radius 1 is 0.594 bits per heavy atom. The van der Waals surface area contributed by atoms with Gasteiger partial charge in [-0.2, -0.15) is 20.9 Å². The van der Waals surface area contributed by atoms with Crippen LogP contribution in [0.3, 0.4) is 0 Å². The molecule has 5 heteroatoms. The van der Waals surface area contributed by atoms with Crippen molar-refractivity contribution in [2.45, 2.75) is 32.4 Å². The predicted molar refractivity (Wildman–Crippen MR) is 136 cm³/mol. The quantitative estimate of drug-likeness (QED) is 0.374. The summed E-state index contributed by atoms with van der Waals surface area (Å²) < 4.78 is 4.83. The molecule has 4 bridgehead atoms. The lowest BCUT2D eigenvalue weighted by atomic mass is 10.1. The van der Waals surface area contributed by atoms with Gasteiger partial charge in [-0.25, -0.2) is 0 Å². The average molecular weight is 445 g/mol. The molecule has 4 nitrogen and oxygen atoms in total. The van der Waals surface area contributed by atoms with Crippen LogP contribution in [0.1, 0.15) is 19.3 Å². The smallest absolute Gasteiger partial charge is 0.214 e. The van der Waals surface area contributed by atoms with Crippen molar-refractivity contribution in [2.75, 3.05) is 35.2 Å². The summed E-state index contributed by atoms with van der Waals surface area (Å²) in [6, 6.07) is 22.0. The summed E-state index contributed by atoms with van der Waals surface area (Å²) in [6.45, 7) is 4.08. The summed E-state index contributed by atoms with van der Waals surface area (Å²) in [4.78, 5) is 0. The molecule has 0 atom stereocenters. The molecule has 4 aromatic rings. The number of fused-ring (bicyclic) bond motifs is 12. The standard InChI is InChI=1S/C27H30N4S/c1-6-16-30-18-12-24(22-8-2-4-10-26(22)30)28-14-20-32-21-15-29-25-13-19-31(17-7-1)27-11-5-3-9-23(25)27/h2-5,8-13,18-19H,1,6-7,14-17,20-21H2/p+2. The molecule has 2 aromatic carbocycles. The first kappa shape index (κ1) is 21.1. The summed E-state index contributed by atoms with van der Waals surface area (Å²) in [6.07, 6.45) is 8.11. The van der Waals surface area contributed by atoms with Crippen molar-refractivity contribution in [3.63, 3.8) is 0 Å². The third kappa shape index (κ3) is 4.68. The molecule has 0 unspecified atom stereocenters. The van der Waals surface area contributed by atoms with Crippen molar-refractivity contribution in [3.8, 4) is 0 Å². The number of aryl methyl sites for hydroxylation is 2. The third-order valence-corrected chi connectivity index (χ3v) is 7.26. The van der Waals surface area contributed by atoms with Gasteiger partial charge in [-0.15, -0.1) is 0 Å². The number of hydrogen-bond donors (Lipinski definition) is 2. The molecule has 0 fully saturated rings. The Hall–Kier alpha value is -2.79. The third-order valence-electron chi connectivity index (χ3n) is 6.27. The molecular weight excluding hydrogens is 412 g/mol. The number of nitrogens with one attached hydrogen (secondary N) is 2. The van der Waals surface area contributed by atoms with Gasteiger partial charge in [0.25, 0.3) is 0 Å². The molecule has 2 aliphatic rings. The SMILES string of the molecule is c1ccc2c(c1)c1cc[n+]2CCCCC[n+]2ccc(c3ccccc32)NCCSCCN1. The Morgan fingerprint density at radius 2 is 1.09 bits per heavy atom. The van der Waals surface area contributed by atoms with E-state index in [9.17, 15) is 0 Å². The van der Waals surface area contributed by atoms with E-state index in [2.05, 4.69) is 92.8 Å². The van der Waals surface area contributed by atoms with E-state index in [0.717, 1.165) is 37.7 Å². The maximum absolute atomic E-state index is 3.67. The zero-order valence-electron chi connectivity index (χ0n) is 18.6. The fourth-order valence-corrected chi connectivity index (χ4v) is 5.33. The topological polar surface area (TPSA) is 31.8 Å². The molecule has 2 N–H and O–H groups in total. The number of para-hydroxylation sites is 2. The monoisotopic (exact) mass is 444 g/mol. The molecule has 2 aliphatic heterocycles. The van der Waals surface area contributed by atoms with Crippen LogP contribution in [0.25, 0.3) is 21.8 Å². The number of hydrogen-bond acceptors (Lipinski definition) is 3. The molecule has 0 spiro atoms. The maximum atomic E-state index is 3.67. The minimum atomic E-state index is 0.979. The highest BCUT2D eigenvalue weighted by molar-refractivity contribution is 7.99. The van der Waals surface area contributed by atoms with E-state index in [4.69, 9.17) is 0 Å². The van der Waals surface area contributed by atoms with Gasteiger partial charge in [-0.05, 0) is 18.6 Å². The Balaban J connectivity index is 1.38. The molecule has 4 heterocycles. The van der Waals surface area contributed by atoms with E-state index < -0.39 is 0 Å². The normalized spacial score (nSPS) is 16.0. The van der Waals surface area contributed by atoms with Crippen LogP contribution in [-0.2, 0) is 13.1 Å². The second kappa shape index (κ2) is 10.2. The lowest BCUT2D eigenvalue weighted by Crippen LogP contribution is -2.35. The van der Waals surface area contributed by atoms with Crippen LogP contribution in [0.15, 0.2) is 73.1 Å². The number of pyridine rings is 2. The van der Waals surface area contributed by atoms with Crippen molar-refractivity contribution in [1.82, 2.24) is 0 Å². The fourth-order valence-electron chi connectivity index (χ4n) is 4.63. The van der Waals surface area contributed by atoms with Crippen molar-refractivity contribution < 1.29 is 9.13 Å². The van der Waals surface area contributed by atoms with Crippen LogP contribution in [0.4, 0.5) is 11.4 Å². The molecule has 0 amide bonds. The van der Waals surface area contributed by atoms with Gasteiger partial charge < -0.3 is 10.6 Å². The first-order valence-corrected chi connectivity index (χ1v) is 12.9. The fraction of sp³-hybridized carbons (Fsp3) is 0.333. The van der Waals surface area contributed by atoms with Gasteiger partial charge in [0.1, 0.15) is 13.1 Å². The first-order chi connectivity index (χ1) is 15.9. The molecular formula is C27H32N4S+2. The second-order valence-corrected chi connectivity index (χ2v) is 9.63. The van der Waals surface area contributed by atoms with Gasteiger partial charge in [0.15, 0.2) is 12.4 Å². The molecule has 0 saturated heterocycles. The van der Waals surface area contributed by atoms with Gasteiger partial charge in [0, 0.05) is 61.7 Å². The van der Waals surface area contributed by atoms with Crippen LogP contribution < -0.4 is 19.8 Å². The van der Waals surface area contributed by atoms with Gasteiger partial charge in [-0.3, -0.25) is 0 Å². The van der Waals surface area contributed by atoms with Gasteiger partial charge in [0.05, 0.1) is 22.1 Å². The lowest BCUT2D eigenvalue weighted by Gasteiger charge is -2.12. The van der Waals surface area contributed by atoms with E-state index in [1.54, 1.807) is 0 Å². The zero-order valence-corrected chi connectivity index (χ0v) is 19.4. The van der Waals surface area contributed by atoms with Crippen LogP contribution in [-0.4, -0.2) is 24.6 Å². The number of rotatable bonds is 0. The number of benzene rings is 2. The summed E-state index contributed by atoms with van der Waals surface area (Å²) in [5, 5.41) is 9.97. The number of aromatic nitrogens is 2. The van der Waals surface area contributed by atoms with E-state index in [0.29, 0.717) is 0 Å². The molecule has 0 saturated carbocycles. The van der Waals surface area contributed by atoms with Crippen molar-refractivity contribution >= 4 is 44.9 Å². The van der Waals surface area contributed by atoms with Gasteiger partial charge in [-0.1, -0.05) is 24.3 Å². The number of nitrogens with zero attached hydrogens (tertiary/aromatic N) is 2. The van der Waals surface area contributed by atoms with E-state index in [1.807, 2.05) is 11.8 Å². The maximum Gasteiger partial charge on any atom is 0.214 e. The summed E-state index contributed by atoms with van der Waals surface area (Å²) in [5.41, 5.74) is 5.12. The van der Waals surface area contributed by atoms with E-state index in [1.165, 1.54) is 52.4 Å². The largest absolute Gasteiger partial charge is 0.383 e. The molecule has 2 aromatic heterocycles. The lowest BCUT2D eigenvalue weighted by molar-refractivity contribution is -0.675. The zero-order chi connectivity index (χ0) is 21.6. The highest BCUT2D eigenvalue weighted by Crippen LogP contribution is 2.22. The number of thioether (sulfide) groups is 1. The predicted octanol–water partition coefficient (Wildman–Crippen LogP) is 5.01. The van der Waals surface area contributed by atoms with E-state index >= 15 is 0 Å². The minimum absolute atomic E-state index is 0.979. The Kier molecular flexibility index (Phi) is 6.73. The van der Waals surface area contributed by atoms with Crippen LogP contribution in [0.2, 0.25) is 0 Å². The molecule has 164 valence electrons. The van der Waals surface area contributed by atoms with Crippen LogP contribution in [0.5, 0.6) is 0 Å². The van der Waals surface area contributed by atoms with Crippen LogP contribution in [0, 0.1) is 0 Å². The Labute approximate surface area is 194 Å².